The van der Waals surface area contributed by atoms with Gasteiger partial charge < -0.3 is 15.4 Å². The first-order valence-corrected chi connectivity index (χ1v) is 8.73. The van der Waals surface area contributed by atoms with E-state index in [2.05, 4.69) is 43.8 Å². The summed E-state index contributed by atoms with van der Waals surface area (Å²) in [4.78, 5) is 13.3. The van der Waals surface area contributed by atoms with E-state index in [4.69, 9.17) is 4.74 Å². The molecule has 0 bridgehead atoms. The van der Waals surface area contributed by atoms with Crippen LogP contribution < -0.4 is 15.4 Å². The number of ether oxygens (including phenoxy) is 1. The molecule has 1 aliphatic rings. The first kappa shape index (κ1) is 18.3. The van der Waals surface area contributed by atoms with Crippen molar-refractivity contribution in [2.75, 3.05) is 17.7 Å². The second kappa shape index (κ2) is 7.05. The quantitative estimate of drug-likeness (QED) is 0.698. The van der Waals surface area contributed by atoms with Gasteiger partial charge in [0.15, 0.2) is 11.6 Å². The van der Waals surface area contributed by atoms with Crippen LogP contribution in [0.25, 0.3) is 11.5 Å². The molecule has 4 heterocycles. The highest BCUT2D eigenvalue weighted by Crippen LogP contribution is 2.36. The van der Waals surface area contributed by atoms with Gasteiger partial charge >= 0.3 is 0 Å². The Morgan fingerprint density at radius 3 is 2.92 bits per heavy atom. The smallest absolute Gasteiger partial charge is 0.208 e. The van der Waals surface area contributed by atoms with Gasteiger partial charge in [0.05, 0.1) is 11.9 Å². The van der Waals surface area contributed by atoms with Crippen molar-refractivity contribution in [2.45, 2.75) is 25.9 Å². The maximum absolute atomic E-state index is 5.87. The third kappa shape index (κ3) is 3.56. The van der Waals surface area contributed by atoms with Gasteiger partial charge in [-0.2, -0.15) is 9.36 Å². The molecule has 0 radical (unpaired) electrons. The van der Waals surface area contributed by atoms with E-state index in [0.29, 0.717) is 16.8 Å². The van der Waals surface area contributed by atoms with Crippen molar-refractivity contribution in [1.82, 2.24) is 19.3 Å². The zero-order valence-electron chi connectivity index (χ0n) is 14.6. The van der Waals surface area contributed by atoms with Crippen molar-refractivity contribution in [2.24, 2.45) is 0 Å². The van der Waals surface area contributed by atoms with Crippen molar-refractivity contribution in [1.29, 1.82) is 0 Å². The third-order valence-corrected chi connectivity index (χ3v) is 4.54. The van der Waals surface area contributed by atoms with Gasteiger partial charge in [-0.1, -0.05) is 0 Å². The fourth-order valence-electron chi connectivity index (χ4n) is 2.82. The highest BCUT2D eigenvalue weighted by atomic mass is 35.5. The Labute approximate surface area is 161 Å². The predicted octanol–water partition coefficient (Wildman–Crippen LogP) is 3.92. The van der Waals surface area contributed by atoms with E-state index in [1.165, 1.54) is 11.5 Å². The van der Waals surface area contributed by atoms with Gasteiger partial charge in [-0.05, 0) is 32.0 Å². The third-order valence-electron chi connectivity index (χ3n) is 3.91. The van der Waals surface area contributed by atoms with Crippen LogP contribution in [0.3, 0.4) is 0 Å². The number of nitrogens with one attached hydrogen (secondary N) is 2. The lowest BCUT2D eigenvalue weighted by Gasteiger charge is -2.16. The molecule has 4 rings (SSSR count). The predicted molar refractivity (Wildman–Crippen MR) is 106 cm³/mol. The fourth-order valence-corrected chi connectivity index (χ4v) is 3.39. The highest BCUT2D eigenvalue weighted by Gasteiger charge is 2.30. The molecule has 0 fully saturated rings. The number of hydrogen-bond donors (Lipinski definition) is 2. The summed E-state index contributed by atoms with van der Waals surface area (Å²) in [7, 11) is 1.85. The molecule has 0 spiro atoms. The van der Waals surface area contributed by atoms with Crippen molar-refractivity contribution >= 4 is 40.6 Å². The van der Waals surface area contributed by atoms with E-state index in [0.717, 1.165) is 29.1 Å². The van der Waals surface area contributed by atoms with E-state index in [9.17, 15) is 0 Å². The zero-order chi connectivity index (χ0) is 17.4. The van der Waals surface area contributed by atoms with Crippen LogP contribution in [-0.4, -0.2) is 32.0 Å². The standard InChI is InChI=1S/C17H18N6OS.ClH/c1-17(2)8-10-7-12(20-9-13(10)24-17)15-22-16(25-23-15)21-14-11(18-3)5-4-6-19-14;/h4-7,9,18H,8H2,1-3H3,(H,19,21,22,23);1H. The summed E-state index contributed by atoms with van der Waals surface area (Å²) >= 11 is 1.28. The molecule has 3 aromatic rings. The van der Waals surface area contributed by atoms with Gasteiger partial charge in [0, 0.05) is 36.8 Å². The molecule has 136 valence electrons. The Bertz CT molecular complexity index is 929. The average molecular weight is 391 g/mol. The molecule has 0 saturated carbocycles. The Kier molecular flexibility index (Phi) is 4.97. The van der Waals surface area contributed by atoms with E-state index in [1.54, 1.807) is 12.4 Å². The zero-order valence-corrected chi connectivity index (χ0v) is 16.2. The summed E-state index contributed by atoms with van der Waals surface area (Å²) in [6.45, 7) is 4.14. The summed E-state index contributed by atoms with van der Waals surface area (Å²) in [5.74, 6) is 2.15. The lowest BCUT2D eigenvalue weighted by atomic mass is 10.0. The minimum absolute atomic E-state index is 0. The molecule has 0 aliphatic carbocycles. The minimum atomic E-state index is -0.187. The van der Waals surface area contributed by atoms with Crippen LogP contribution in [0, 0.1) is 0 Å². The van der Waals surface area contributed by atoms with Crippen LogP contribution in [-0.2, 0) is 6.42 Å². The van der Waals surface area contributed by atoms with E-state index in [1.807, 2.05) is 25.2 Å². The summed E-state index contributed by atoms with van der Waals surface area (Å²) in [5, 5.41) is 6.96. The molecule has 0 amide bonds. The molecule has 26 heavy (non-hydrogen) atoms. The number of pyridine rings is 2. The number of aromatic nitrogens is 4. The first-order valence-electron chi connectivity index (χ1n) is 7.96. The summed E-state index contributed by atoms with van der Waals surface area (Å²) in [6, 6.07) is 5.83. The van der Waals surface area contributed by atoms with Gasteiger partial charge in [-0.15, -0.1) is 12.4 Å². The average Bonchev–Trinajstić information content (AvgIpc) is 3.17. The highest BCUT2D eigenvalue weighted by molar-refractivity contribution is 7.09. The summed E-state index contributed by atoms with van der Waals surface area (Å²) in [5.41, 5.74) is 2.60. The molecule has 1 aliphatic heterocycles. The second-order valence-corrected chi connectivity index (χ2v) is 7.17. The summed E-state index contributed by atoms with van der Waals surface area (Å²) in [6.07, 6.45) is 4.34. The molecule has 0 atom stereocenters. The molecule has 0 saturated heterocycles. The number of anilines is 3. The van der Waals surface area contributed by atoms with Crippen LogP contribution in [0.4, 0.5) is 16.6 Å². The van der Waals surface area contributed by atoms with Gasteiger partial charge in [0.1, 0.15) is 17.0 Å². The lowest BCUT2D eigenvalue weighted by Crippen LogP contribution is -2.24. The Morgan fingerprint density at radius 1 is 1.27 bits per heavy atom. The first-order chi connectivity index (χ1) is 12.0. The van der Waals surface area contributed by atoms with Crippen molar-refractivity contribution < 1.29 is 4.74 Å². The van der Waals surface area contributed by atoms with E-state index < -0.39 is 0 Å². The van der Waals surface area contributed by atoms with Crippen molar-refractivity contribution in [3.05, 3.63) is 36.2 Å². The van der Waals surface area contributed by atoms with Crippen LogP contribution in [0.2, 0.25) is 0 Å². The monoisotopic (exact) mass is 390 g/mol. The molecule has 0 aromatic carbocycles. The van der Waals surface area contributed by atoms with Gasteiger partial charge in [0.2, 0.25) is 5.13 Å². The molecule has 9 heteroatoms. The fraction of sp³-hybridized carbons (Fsp3) is 0.294. The van der Waals surface area contributed by atoms with Gasteiger partial charge in [0.25, 0.3) is 0 Å². The molecular formula is C17H19ClN6OS. The van der Waals surface area contributed by atoms with Gasteiger partial charge in [-0.25, -0.2) is 9.97 Å². The topological polar surface area (TPSA) is 84.9 Å². The van der Waals surface area contributed by atoms with E-state index >= 15 is 0 Å². The summed E-state index contributed by atoms with van der Waals surface area (Å²) < 4.78 is 10.3. The molecule has 3 aromatic heterocycles. The number of fused-ring (bicyclic) bond motifs is 1. The van der Waals surface area contributed by atoms with Gasteiger partial charge in [-0.3, -0.25) is 0 Å². The maximum Gasteiger partial charge on any atom is 0.208 e. The Balaban J connectivity index is 0.00000196. The maximum atomic E-state index is 5.87. The lowest BCUT2D eigenvalue weighted by molar-refractivity contribution is 0.138. The molecule has 7 nitrogen and oxygen atoms in total. The van der Waals surface area contributed by atoms with Crippen LogP contribution in [0.15, 0.2) is 30.6 Å². The van der Waals surface area contributed by atoms with Crippen molar-refractivity contribution in [3.8, 4) is 17.3 Å². The number of nitrogens with zero attached hydrogens (tertiary/aromatic N) is 4. The minimum Gasteiger partial charge on any atom is -0.486 e. The number of halogens is 1. The normalized spacial score (nSPS) is 14.1. The number of rotatable bonds is 4. The molecule has 2 N–H and O–H groups in total. The van der Waals surface area contributed by atoms with Crippen LogP contribution in [0.1, 0.15) is 19.4 Å². The largest absolute Gasteiger partial charge is 0.486 e. The Hall–Kier alpha value is -2.45. The second-order valence-electron chi connectivity index (χ2n) is 6.41. The molecule has 0 unspecified atom stereocenters. The van der Waals surface area contributed by atoms with Crippen LogP contribution in [0.5, 0.6) is 5.75 Å². The number of hydrogen-bond acceptors (Lipinski definition) is 8. The van der Waals surface area contributed by atoms with Crippen LogP contribution >= 0.6 is 23.9 Å². The SMILES string of the molecule is CNc1cccnc1Nc1nc(-c2cc3c(cn2)OC(C)(C)C3)ns1.Cl. The Morgan fingerprint density at radius 2 is 2.12 bits per heavy atom. The van der Waals surface area contributed by atoms with Crippen molar-refractivity contribution in [3.63, 3.8) is 0 Å². The molecular weight excluding hydrogens is 372 g/mol. The van der Waals surface area contributed by atoms with E-state index in [-0.39, 0.29) is 18.0 Å².